The summed E-state index contributed by atoms with van der Waals surface area (Å²) < 4.78 is 23.9. The summed E-state index contributed by atoms with van der Waals surface area (Å²) >= 11 is 0. The molecule has 1 aliphatic carbocycles. The third-order valence-electron chi connectivity index (χ3n) is 6.25. The topological polar surface area (TPSA) is 133 Å². The number of hydrogen-bond donors (Lipinski definition) is 4. The summed E-state index contributed by atoms with van der Waals surface area (Å²) in [6.07, 6.45) is 6.70. The SMILES string of the molecule is Cc1cc(Nc2ncc(C(=O)NC3CCCC3)c(N[C@H](CO)c3ccccc3)n2)ccc1S(C)(=O)=O. The van der Waals surface area contributed by atoms with Gasteiger partial charge in [0, 0.05) is 24.2 Å². The first-order chi connectivity index (χ1) is 17.2. The van der Waals surface area contributed by atoms with Gasteiger partial charge in [-0.2, -0.15) is 4.98 Å². The molecule has 10 heteroatoms. The van der Waals surface area contributed by atoms with Crippen molar-refractivity contribution in [1.82, 2.24) is 15.3 Å². The van der Waals surface area contributed by atoms with E-state index in [-0.39, 0.29) is 40.8 Å². The summed E-state index contributed by atoms with van der Waals surface area (Å²) in [6.45, 7) is 1.52. The zero-order valence-electron chi connectivity index (χ0n) is 20.4. The number of aliphatic hydroxyl groups excluding tert-OH is 1. The summed E-state index contributed by atoms with van der Waals surface area (Å²) in [4.78, 5) is 22.2. The monoisotopic (exact) mass is 509 g/mol. The fraction of sp³-hybridized carbons (Fsp3) is 0.346. The minimum Gasteiger partial charge on any atom is -0.394 e. The summed E-state index contributed by atoms with van der Waals surface area (Å²) in [5.74, 6) is 0.246. The van der Waals surface area contributed by atoms with E-state index in [2.05, 4.69) is 25.9 Å². The van der Waals surface area contributed by atoms with Gasteiger partial charge in [0.1, 0.15) is 11.4 Å². The lowest BCUT2D eigenvalue weighted by molar-refractivity contribution is 0.0938. The first-order valence-electron chi connectivity index (χ1n) is 11.9. The molecule has 1 atom stereocenters. The van der Waals surface area contributed by atoms with E-state index in [0.717, 1.165) is 31.2 Å². The highest BCUT2D eigenvalue weighted by molar-refractivity contribution is 7.90. The van der Waals surface area contributed by atoms with Crippen LogP contribution in [0.3, 0.4) is 0 Å². The van der Waals surface area contributed by atoms with Crippen molar-refractivity contribution in [2.24, 2.45) is 0 Å². The van der Waals surface area contributed by atoms with E-state index in [4.69, 9.17) is 0 Å². The number of carbonyl (C=O) groups excluding carboxylic acids is 1. The molecule has 190 valence electrons. The van der Waals surface area contributed by atoms with Crippen LogP contribution in [0.15, 0.2) is 59.6 Å². The van der Waals surface area contributed by atoms with Crippen LogP contribution in [0.1, 0.15) is 53.2 Å². The lowest BCUT2D eigenvalue weighted by Gasteiger charge is -2.20. The second-order valence-electron chi connectivity index (χ2n) is 9.08. The Balaban J connectivity index is 1.64. The Labute approximate surface area is 211 Å². The number of sulfone groups is 1. The van der Waals surface area contributed by atoms with Crippen LogP contribution in [-0.2, 0) is 9.84 Å². The van der Waals surface area contributed by atoms with Gasteiger partial charge in [0.25, 0.3) is 5.91 Å². The van der Waals surface area contributed by atoms with Crippen molar-refractivity contribution in [3.8, 4) is 0 Å². The molecule has 1 aromatic heterocycles. The van der Waals surface area contributed by atoms with Gasteiger partial charge in [-0.05, 0) is 49.1 Å². The molecule has 0 radical (unpaired) electrons. The maximum atomic E-state index is 13.1. The fourth-order valence-electron chi connectivity index (χ4n) is 4.41. The molecule has 0 saturated heterocycles. The van der Waals surface area contributed by atoms with Crippen molar-refractivity contribution >= 4 is 33.2 Å². The van der Waals surface area contributed by atoms with Gasteiger partial charge < -0.3 is 21.1 Å². The van der Waals surface area contributed by atoms with Crippen LogP contribution in [0.25, 0.3) is 0 Å². The van der Waals surface area contributed by atoms with Crippen LogP contribution >= 0.6 is 0 Å². The summed E-state index contributed by atoms with van der Waals surface area (Å²) in [7, 11) is -3.34. The Bertz CT molecular complexity index is 1330. The number of anilines is 3. The molecular formula is C26H31N5O4S. The molecule has 9 nitrogen and oxygen atoms in total. The third-order valence-corrected chi connectivity index (χ3v) is 7.51. The predicted molar refractivity (Wildman–Crippen MR) is 139 cm³/mol. The largest absolute Gasteiger partial charge is 0.394 e. The molecule has 36 heavy (non-hydrogen) atoms. The van der Waals surface area contributed by atoms with Gasteiger partial charge in [0.05, 0.1) is 17.5 Å². The molecule has 2 aromatic carbocycles. The zero-order chi connectivity index (χ0) is 25.7. The first kappa shape index (κ1) is 25.6. The molecule has 1 aliphatic rings. The summed E-state index contributed by atoms with van der Waals surface area (Å²) in [6, 6.07) is 13.9. The van der Waals surface area contributed by atoms with E-state index < -0.39 is 15.9 Å². The van der Waals surface area contributed by atoms with Crippen LogP contribution in [0, 0.1) is 6.92 Å². The van der Waals surface area contributed by atoms with Crippen LogP contribution < -0.4 is 16.0 Å². The Morgan fingerprint density at radius 3 is 2.50 bits per heavy atom. The number of amides is 1. The quantitative estimate of drug-likeness (QED) is 0.343. The zero-order valence-corrected chi connectivity index (χ0v) is 21.2. The maximum Gasteiger partial charge on any atom is 0.256 e. The Morgan fingerprint density at radius 1 is 1.14 bits per heavy atom. The summed E-state index contributed by atoms with van der Waals surface area (Å²) in [5.41, 5.74) is 2.33. The van der Waals surface area contributed by atoms with Crippen molar-refractivity contribution in [2.75, 3.05) is 23.5 Å². The minimum absolute atomic E-state index is 0.127. The average Bonchev–Trinajstić information content (AvgIpc) is 3.35. The van der Waals surface area contributed by atoms with Crippen molar-refractivity contribution < 1.29 is 18.3 Å². The molecule has 1 amide bonds. The molecule has 3 aromatic rings. The number of hydrogen-bond acceptors (Lipinski definition) is 8. The molecule has 4 N–H and O–H groups in total. The molecule has 0 bridgehead atoms. The van der Waals surface area contributed by atoms with Gasteiger partial charge in [0.15, 0.2) is 9.84 Å². The Kier molecular flexibility index (Phi) is 7.85. The normalized spacial score (nSPS) is 14.9. The number of aliphatic hydroxyl groups is 1. The van der Waals surface area contributed by atoms with E-state index in [1.165, 1.54) is 18.5 Å². The molecule has 0 aliphatic heterocycles. The fourth-order valence-corrected chi connectivity index (χ4v) is 5.37. The van der Waals surface area contributed by atoms with Gasteiger partial charge in [-0.15, -0.1) is 0 Å². The van der Waals surface area contributed by atoms with Gasteiger partial charge in [-0.25, -0.2) is 13.4 Å². The number of aromatic nitrogens is 2. The van der Waals surface area contributed by atoms with Gasteiger partial charge in [-0.3, -0.25) is 4.79 Å². The molecule has 0 unspecified atom stereocenters. The molecule has 1 saturated carbocycles. The van der Waals surface area contributed by atoms with Gasteiger partial charge >= 0.3 is 0 Å². The highest BCUT2D eigenvalue weighted by Gasteiger charge is 2.23. The Morgan fingerprint density at radius 2 is 1.86 bits per heavy atom. The van der Waals surface area contributed by atoms with Crippen molar-refractivity contribution in [2.45, 2.75) is 49.6 Å². The molecular weight excluding hydrogens is 478 g/mol. The van der Waals surface area contributed by atoms with Gasteiger partial charge in [0.2, 0.25) is 5.95 Å². The number of carbonyl (C=O) groups is 1. The maximum absolute atomic E-state index is 13.1. The van der Waals surface area contributed by atoms with Crippen molar-refractivity contribution in [3.05, 3.63) is 71.4 Å². The lowest BCUT2D eigenvalue weighted by Crippen LogP contribution is -2.33. The molecule has 1 fully saturated rings. The van der Waals surface area contributed by atoms with Gasteiger partial charge in [-0.1, -0.05) is 43.2 Å². The van der Waals surface area contributed by atoms with E-state index in [0.29, 0.717) is 11.3 Å². The standard InChI is InChI=1S/C26H31N5O4S/c1-17-14-20(12-13-23(17)36(2,34)35)29-26-27-15-21(25(33)28-19-10-6-7-11-19)24(31-26)30-22(16-32)18-8-4-3-5-9-18/h3-5,8-9,12-15,19,22,32H,6-7,10-11,16H2,1-2H3,(H,28,33)(H2,27,29,30,31)/t22-/m1/s1. The number of nitrogens with one attached hydrogen (secondary N) is 3. The van der Waals surface area contributed by atoms with Crippen LogP contribution in [0.5, 0.6) is 0 Å². The minimum atomic E-state index is -3.34. The van der Waals surface area contributed by atoms with Crippen LogP contribution in [0.2, 0.25) is 0 Å². The number of benzene rings is 2. The predicted octanol–water partition coefficient (Wildman–Crippen LogP) is 3.75. The van der Waals surface area contributed by atoms with E-state index >= 15 is 0 Å². The first-order valence-corrected chi connectivity index (χ1v) is 13.8. The average molecular weight is 510 g/mol. The number of nitrogens with zero attached hydrogens (tertiary/aromatic N) is 2. The second kappa shape index (κ2) is 11.0. The summed E-state index contributed by atoms with van der Waals surface area (Å²) in [5, 5.41) is 19.4. The van der Waals surface area contributed by atoms with Crippen molar-refractivity contribution in [1.29, 1.82) is 0 Å². The van der Waals surface area contributed by atoms with Crippen molar-refractivity contribution in [3.63, 3.8) is 0 Å². The van der Waals surface area contributed by atoms with Crippen LogP contribution in [0.4, 0.5) is 17.5 Å². The smallest absolute Gasteiger partial charge is 0.256 e. The number of rotatable bonds is 9. The molecule has 1 heterocycles. The Hall–Kier alpha value is -3.50. The third kappa shape index (κ3) is 6.19. The number of aryl methyl sites for hydroxylation is 1. The molecule has 0 spiro atoms. The van der Waals surface area contributed by atoms with E-state index in [1.54, 1.807) is 19.1 Å². The highest BCUT2D eigenvalue weighted by atomic mass is 32.2. The van der Waals surface area contributed by atoms with E-state index in [9.17, 15) is 18.3 Å². The van der Waals surface area contributed by atoms with E-state index in [1.807, 2.05) is 30.3 Å². The van der Waals surface area contributed by atoms with Crippen LogP contribution in [-0.4, -0.2) is 48.3 Å². The molecule has 4 rings (SSSR count). The second-order valence-corrected chi connectivity index (χ2v) is 11.1. The lowest BCUT2D eigenvalue weighted by atomic mass is 10.1. The highest BCUT2D eigenvalue weighted by Crippen LogP contribution is 2.26.